The molecule has 3 rings (SSSR count). The molecule has 0 spiro atoms. The molecular weight excluding hydrogens is 361 g/mol. The second kappa shape index (κ2) is 7.53. The number of halogens is 3. The van der Waals surface area contributed by atoms with Crippen molar-refractivity contribution in [3.05, 3.63) is 71.7 Å². The molecule has 0 aliphatic carbocycles. The summed E-state index contributed by atoms with van der Waals surface area (Å²) in [5.41, 5.74) is -0.652. The summed E-state index contributed by atoms with van der Waals surface area (Å²) >= 11 is 0. The minimum Gasteiger partial charge on any atom is -0.496 e. The Labute approximate surface area is 152 Å². The van der Waals surface area contributed by atoms with Crippen molar-refractivity contribution in [1.29, 1.82) is 0 Å². The predicted octanol–water partition coefficient (Wildman–Crippen LogP) is 4.30. The molecule has 0 atom stereocenters. The molecule has 27 heavy (non-hydrogen) atoms. The predicted molar refractivity (Wildman–Crippen MR) is 91.1 cm³/mol. The number of oxazole rings is 1. The largest absolute Gasteiger partial charge is 0.496 e. The average molecular weight is 376 g/mol. The Morgan fingerprint density at radius 3 is 2.59 bits per heavy atom. The van der Waals surface area contributed by atoms with Crippen LogP contribution in [0.4, 0.5) is 13.2 Å². The van der Waals surface area contributed by atoms with E-state index in [-0.39, 0.29) is 23.6 Å². The van der Waals surface area contributed by atoms with Crippen molar-refractivity contribution < 1.29 is 27.1 Å². The van der Waals surface area contributed by atoms with Crippen LogP contribution < -0.4 is 10.1 Å². The first-order valence-electron chi connectivity index (χ1n) is 7.92. The van der Waals surface area contributed by atoms with Crippen LogP contribution in [0.2, 0.25) is 0 Å². The van der Waals surface area contributed by atoms with Crippen LogP contribution in [0.5, 0.6) is 5.75 Å². The number of hydrogen-bond donors (Lipinski definition) is 1. The fraction of sp³-hybridized carbons (Fsp3) is 0.158. The lowest BCUT2D eigenvalue weighted by Crippen LogP contribution is -2.24. The molecule has 0 aliphatic rings. The van der Waals surface area contributed by atoms with Crippen molar-refractivity contribution in [1.82, 2.24) is 10.3 Å². The van der Waals surface area contributed by atoms with Gasteiger partial charge in [0.05, 0.1) is 12.7 Å². The van der Waals surface area contributed by atoms with Gasteiger partial charge < -0.3 is 14.5 Å². The van der Waals surface area contributed by atoms with Crippen LogP contribution in [0.1, 0.15) is 21.6 Å². The molecule has 0 saturated carbocycles. The summed E-state index contributed by atoms with van der Waals surface area (Å²) in [5.74, 6) is -0.303. The number of amides is 1. The number of ether oxygens (including phenoxy) is 1. The molecule has 0 radical (unpaired) electrons. The number of rotatable bonds is 5. The van der Waals surface area contributed by atoms with Gasteiger partial charge >= 0.3 is 6.18 Å². The number of hydrogen-bond acceptors (Lipinski definition) is 4. The maximum Gasteiger partial charge on any atom is 0.417 e. The summed E-state index contributed by atoms with van der Waals surface area (Å²) in [6.07, 6.45) is -3.64. The highest BCUT2D eigenvalue weighted by atomic mass is 19.4. The topological polar surface area (TPSA) is 64.4 Å². The van der Waals surface area contributed by atoms with Gasteiger partial charge in [-0.1, -0.05) is 36.4 Å². The molecule has 1 N–H and O–H groups in total. The number of carbonyl (C=O) groups is 1. The Morgan fingerprint density at radius 1 is 1.15 bits per heavy atom. The lowest BCUT2D eigenvalue weighted by atomic mass is 10.0. The van der Waals surface area contributed by atoms with Gasteiger partial charge in [-0.05, 0) is 12.1 Å². The van der Waals surface area contributed by atoms with Crippen LogP contribution in [0, 0.1) is 0 Å². The summed E-state index contributed by atoms with van der Waals surface area (Å²) in [6.45, 7) is 0.121. The van der Waals surface area contributed by atoms with Crippen molar-refractivity contribution in [2.45, 2.75) is 12.7 Å². The minimum atomic E-state index is -4.59. The van der Waals surface area contributed by atoms with Crippen LogP contribution >= 0.6 is 0 Å². The van der Waals surface area contributed by atoms with E-state index in [0.717, 1.165) is 12.5 Å². The van der Waals surface area contributed by atoms with E-state index in [1.165, 1.54) is 25.3 Å². The Balaban J connectivity index is 1.87. The highest BCUT2D eigenvalue weighted by Gasteiger charge is 2.35. The molecule has 3 aromatic rings. The van der Waals surface area contributed by atoms with Gasteiger partial charge in [0.1, 0.15) is 5.75 Å². The van der Waals surface area contributed by atoms with Crippen LogP contribution in [-0.4, -0.2) is 18.0 Å². The number of carbonyl (C=O) groups excluding carboxylic acids is 1. The third-order valence-corrected chi connectivity index (χ3v) is 3.89. The summed E-state index contributed by atoms with van der Waals surface area (Å²) in [5, 5.41) is 2.62. The Hall–Kier alpha value is -3.29. The zero-order chi connectivity index (χ0) is 19.4. The van der Waals surface area contributed by atoms with Crippen LogP contribution in [0.25, 0.3) is 11.3 Å². The quantitative estimate of drug-likeness (QED) is 0.721. The van der Waals surface area contributed by atoms with Gasteiger partial charge in [0.25, 0.3) is 5.91 Å². The van der Waals surface area contributed by atoms with Crippen molar-refractivity contribution in [2.75, 3.05) is 7.11 Å². The summed E-state index contributed by atoms with van der Waals surface area (Å²) in [6, 6.07) is 11.9. The highest BCUT2D eigenvalue weighted by molar-refractivity contribution is 5.97. The molecule has 0 aliphatic heterocycles. The zero-order valence-corrected chi connectivity index (χ0v) is 14.2. The highest BCUT2D eigenvalue weighted by Crippen LogP contribution is 2.37. The number of benzene rings is 2. The Bertz CT molecular complexity index is 951. The van der Waals surface area contributed by atoms with E-state index in [0.29, 0.717) is 11.3 Å². The van der Waals surface area contributed by atoms with E-state index in [2.05, 4.69) is 10.3 Å². The first kappa shape index (κ1) is 18.5. The fourth-order valence-corrected chi connectivity index (χ4v) is 2.64. The molecule has 0 fully saturated rings. The van der Waals surface area contributed by atoms with E-state index in [4.69, 9.17) is 9.15 Å². The monoisotopic (exact) mass is 376 g/mol. The summed E-state index contributed by atoms with van der Waals surface area (Å²) < 4.78 is 50.1. The van der Waals surface area contributed by atoms with E-state index in [9.17, 15) is 18.0 Å². The molecule has 8 heteroatoms. The van der Waals surface area contributed by atoms with E-state index >= 15 is 0 Å². The average Bonchev–Trinajstić information content (AvgIpc) is 3.15. The lowest BCUT2D eigenvalue weighted by Gasteiger charge is -2.12. The second-order valence-corrected chi connectivity index (χ2v) is 5.57. The Morgan fingerprint density at radius 2 is 1.85 bits per heavy atom. The molecule has 1 amide bonds. The van der Waals surface area contributed by atoms with Gasteiger partial charge in [0.2, 0.25) is 0 Å². The molecule has 5 nitrogen and oxygen atoms in total. The first-order chi connectivity index (χ1) is 12.9. The first-order valence-corrected chi connectivity index (χ1v) is 7.92. The van der Waals surface area contributed by atoms with Crippen LogP contribution in [0.3, 0.4) is 0 Å². The molecule has 1 aromatic heterocycles. The number of alkyl halides is 3. The number of nitrogens with one attached hydrogen (secondary N) is 1. The van der Waals surface area contributed by atoms with Gasteiger partial charge in [-0.2, -0.15) is 13.2 Å². The number of aromatic nitrogens is 1. The van der Waals surface area contributed by atoms with E-state index < -0.39 is 17.6 Å². The molecule has 0 unspecified atom stereocenters. The zero-order valence-electron chi connectivity index (χ0n) is 14.2. The van der Waals surface area contributed by atoms with Crippen LogP contribution in [0.15, 0.2) is 59.3 Å². The molecule has 0 bridgehead atoms. The third-order valence-electron chi connectivity index (χ3n) is 3.89. The molecule has 1 heterocycles. The van der Waals surface area contributed by atoms with Gasteiger partial charge in [0.15, 0.2) is 17.8 Å². The number of para-hydroxylation sites is 1. The minimum absolute atomic E-state index is 0.121. The van der Waals surface area contributed by atoms with Gasteiger partial charge in [-0.3, -0.25) is 4.79 Å². The Kier molecular flexibility index (Phi) is 5.16. The second-order valence-electron chi connectivity index (χ2n) is 5.57. The van der Waals surface area contributed by atoms with E-state index in [1.807, 2.05) is 0 Å². The van der Waals surface area contributed by atoms with Gasteiger partial charge in [0, 0.05) is 17.7 Å². The van der Waals surface area contributed by atoms with Crippen molar-refractivity contribution in [3.63, 3.8) is 0 Å². The van der Waals surface area contributed by atoms with Crippen LogP contribution in [-0.2, 0) is 12.7 Å². The number of methoxy groups -OCH3 is 1. The number of nitrogens with zero attached hydrogens (tertiary/aromatic N) is 1. The van der Waals surface area contributed by atoms with Crippen molar-refractivity contribution in [3.8, 4) is 17.1 Å². The third kappa shape index (κ3) is 3.94. The molecule has 2 aromatic carbocycles. The fourth-order valence-electron chi connectivity index (χ4n) is 2.64. The maximum absolute atomic E-state index is 13.2. The van der Waals surface area contributed by atoms with Crippen molar-refractivity contribution >= 4 is 5.91 Å². The molecule has 0 saturated heterocycles. The lowest BCUT2D eigenvalue weighted by molar-refractivity contribution is -0.137. The summed E-state index contributed by atoms with van der Waals surface area (Å²) in [4.78, 5) is 16.3. The maximum atomic E-state index is 13.2. The van der Waals surface area contributed by atoms with E-state index in [1.54, 1.807) is 24.3 Å². The SMILES string of the molecule is COc1ccccc1CNC(=O)c1ncoc1-c1ccccc1C(F)(F)F. The molecular formula is C19H15F3N2O3. The standard InChI is InChI=1S/C19H15F3N2O3/c1-26-15-9-5-2-6-12(15)10-23-18(25)16-17(27-11-24-16)13-7-3-4-8-14(13)19(20,21)22/h2-9,11H,10H2,1H3,(H,23,25). The normalized spacial score (nSPS) is 11.3. The smallest absolute Gasteiger partial charge is 0.417 e. The van der Waals surface area contributed by atoms with Gasteiger partial charge in [-0.15, -0.1) is 0 Å². The molecule has 140 valence electrons. The van der Waals surface area contributed by atoms with Crippen molar-refractivity contribution in [2.24, 2.45) is 0 Å². The van der Waals surface area contributed by atoms with Gasteiger partial charge in [-0.25, -0.2) is 4.98 Å². The summed E-state index contributed by atoms with van der Waals surface area (Å²) in [7, 11) is 1.50.